The molecular formula is C15H12Br3FO. The second-order valence-electron chi connectivity index (χ2n) is 4.38. The molecule has 20 heavy (non-hydrogen) atoms. The first-order chi connectivity index (χ1) is 9.43. The van der Waals surface area contributed by atoms with Crippen LogP contribution in [0.5, 0.6) is 5.75 Å². The molecule has 0 spiro atoms. The summed E-state index contributed by atoms with van der Waals surface area (Å²) in [6.07, 6.45) is 0. The second kappa shape index (κ2) is 6.58. The van der Waals surface area contributed by atoms with Crippen molar-refractivity contribution < 1.29 is 9.13 Å². The molecule has 0 saturated heterocycles. The molecule has 0 N–H and O–H groups in total. The largest absolute Gasteiger partial charge is 0.496 e. The Morgan fingerprint density at radius 2 is 1.80 bits per heavy atom. The van der Waals surface area contributed by atoms with Gasteiger partial charge in [-0.3, -0.25) is 0 Å². The highest BCUT2D eigenvalue weighted by Crippen LogP contribution is 2.39. The maximum absolute atomic E-state index is 13.6. The van der Waals surface area contributed by atoms with Gasteiger partial charge in [0.05, 0.1) is 16.4 Å². The summed E-state index contributed by atoms with van der Waals surface area (Å²) in [5.41, 5.74) is 3.11. The van der Waals surface area contributed by atoms with Gasteiger partial charge in [0.15, 0.2) is 0 Å². The fourth-order valence-corrected chi connectivity index (χ4v) is 3.17. The lowest BCUT2D eigenvalue weighted by Crippen LogP contribution is -1.99. The number of halogens is 4. The molecule has 1 atom stereocenters. The van der Waals surface area contributed by atoms with Crippen molar-refractivity contribution in [3.8, 4) is 5.75 Å². The van der Waals surface area contributed by atoms with Gasteiger partial charge in [-0.25, -0.2) is 4.39 Å². The zero-order chi connectivity index (χ0) is 14.9. The summed E-state index contributed by atoms with van der Waals surface area (Å²) in [5, 5.41) is 0. The van der Waals surface area contributed by atoms with E-state index in [1.54, 1.807) is 13.2 Å². The quantitative estimate of drug-likeness (QED) is 0.493. The summed E-state index contributed by atoms with van der Waals surface area (Å²) in [6.45, 7) is 2.03. The normalized spacial score (nSPS) is 12.3. The van der Waals surface area contributed by atoms with Crippen LogP contribution in [0.15, 0.2) is 39.3 Å². The minimum absolute atomic E-state index is 0.0684. The molecule has 0 aromatic heterocycles. The van der Waals surface area contributed by atoms with Gasteiger partial charge in [-0.05, 0) is 46.1 Å². The SMILES string of the molecule is COc1cc(F)c(Br)cc1C(Br)c1ccc(Br)c(C)c1. The summed E-state index contributed by atoms with van der Waals surface area (Å²) < 4.78 is 20.3. The van der Waals surface area contributed by atoms with E-state index in [0.29, 0.717) is 10.2 Å². The van der Waals surface area contributed by atoms with E-state index in [9.17, 15) is 4.39 Å². The third kappa shape index (κ3) is 3.26. The van der Waals surface area contributed by atoms with E-state index in [1.165, 1.54) is 6.07 Å². The summed E-state index contributed by atoms with van der Waals surface area (Å²) >= 11 is 10.4. The predicted octanol–water partition coefficient (Wildman–Crippen LogP) is 6.15. The van der Waals surface area contributed by atoms with Gasteiger partial charge in [-0.15, -0.1) is 0 Å². The Bertz CT molecular complexity index is 643. The molecule has 2 aromatic carbocycles. The molecular weight excluding hydrogens is 455 g/mol. The van der Waals surface area contributed by atoms with Crippen molar-refractivity contribution in [1.29, 1.82) is 0 Å². The van der Waals surface area contributed by atoms with Gasteiger partial charge in [0.1, 0.15) is 11.6 Å². The van der Waals surface area contributed by atoms with E-state index in [-0.39, 0.29) is 10.6 Å². The van der Waals surface area contributed by atoms with E-state index in [0.717, 1.165) is 21.2 Å². The molecule has 0 fully saturated rings. The highest BCUT2D eigenvalue weighted by molar-refractivity contribution is 9.11. The lowest BCUT2D eigenvalue weighted by Gasteiger charge is -2.16. The van der Waals surface area contributed by atoms with E-state index >= 15 is 0 Å². The Balaban J connectivity index is 2.49. The third-order valence-electron chi connectivity index (χ3n) is 3.02. The van der Waals surface area contributed by atoms with Crippen LogP contribution in [0.4, 0.5) is 4.39 Å². The molecule has 1 unspecified atom stereocenters. The maximum atomic E-state index is 13.6. The molecule has 0 heterocycles. The van der Waals surface area contributed by atoms with Gasteiger partial charge < -0.3 is 4.74 Å². The van der Waals surface area contributed by atoms with Crippen LogP contribution in [0.2, 0.25) is 0 Å². The van der Waals surface area contributed by atoms with Crippen LogP contribution in [0.3, 0.4) is 0 Å². The molecule has 1 nitrogen and oxygen atoms in total. The van der Waals surface area contributed by atoms with Crippen LogP contribution in [-0.2, 0) is 0 Å². The molecule has 0 aliphatic carbocycles. The first kappa shape index (κ1) is 16.0. The smallest absolute Gasteiger partial charge is 0.141 e. The van der Waals surface area contributed by atoms with Crippen molar-refractivity contribution in [2.45, 2.75) is 11.8 Å². The maximum Gasteiger partial charge on any atom is 0.141 e. The van der Waals surface area contributed by atoms with Gasteiger partial charge in [0, 0.05) is 16.1 Å². The highest BCUT2D eigenvalue weighted by atomic mass is 79.9. The summed E-state index contributed by atoms with van der Waals surface area (Å²) in [6, 6.07) is 9.24. The van der Waals surface area contributed by atoms with Gasteiger partial charge >= 0.3 is 0 Å². The number of rotatable bonds is 3. The number of aryl methyl sites for hydroxylation is 1. The first-order valence-corrected chi connectivity index (χ1v) is 8.37. The van der Waals surface area contributed by atoms with Gasteiger partial charge in [0.25, 0.3) is 0 Å². The number of alkyl halides is 1. The Hall–Kier alpha value is -0.390. The number of hydrogen-bond acceptors (Lipinski definition) is 1. The van der Waals surface area contributed by atoms with E-state index in [2.05, 4.69) is 53.9 Å². The molecule has 0 aliphatic heterocycles. The Kier molecular flexibility index (Phi) is 5.26. The topological polar surface area (TPSA) is 9.23 Å². The Labute approximate surface area is 142 Å². The average Bonchev–Trinajstić information content (AvgIpc) is 2.43. The summed E-state index contributed by atoms with van der Waals surface area (Å²) in [4.78, 5) is -0.0684. The van der Waals surface area contributed by atoms with E-state index in [1.807, 2.05) is 19.1 Å². The average molecular weight is 467 g/mol. The van der Waals surface area contributed by atoms with Crippen molar-refractivity contribution in [1.82, 2.24) is 0 Å². The highest BCUT2D eigenvalue weighted by Gasteiger charge is 2.18. The van der Waals surface area contributed by atoms with Crippen molar-refractivity contribution in [2.24, 2.45) is 0 Å². The zero-order valence-electron chi connectivity index (χ0n) is 10.9. The number of ether oxygens (including phenoxy) is 1. The summed E-state index contributed by atoms with van der Waals surface area (Å²) in [7, 11) is 1.54. The molecule has 0 bridgehead atoms. The summed E-state index contributed by atoms with van der Waals surface area (Å²) in [5.74, 6) is 0.186. The van der Waals surface area contributed by atoms with Crippen molar-refractivity contribution >= 4 is 47.8 Å². The van der Waals surface area contributed by atoms with Crippen LogP contribution in [-0.4, -0.2) is 7.11 Å². The zero-order valence-corrected chi connectivity index (χ0v) is 15.6. The predicted molar refractivity (Wildman–Crippen MR) is 90.3 cm³/mol. The van der Waals surface area contributed by atoms with Gasteiger partial charge in [-0.2, -0.15) is 0 Å². The fraction of sp³-hybridized carbons (Fsp3) is 0.200. The molecule has 2 aromatic rings. The Morgan fingerprint density at radius 1 is 1.10 bits per heavy atom. The van der Waals surface area contributed by atoms with Crippen LogP contribution in [0.25, 0.3) is 0 Å². The first-order valence-electron chi connectivity index (χ1n) is 5.87. The lowest BCUT2D eigenvalue weighted by atomic mass is 10.0. The van der Waals surface area contributed by atoms with Crippen LogP contribution in [0, 0.1) is 12.7 Å². The molecule has 0 radical (unpaired) electrons. The molecule has 2 rings (SSSR count). The minimum atomic E-state index is -0.336. The molecule has 5 heteroatoms. The Morgan fingerprint density at radius 3 is 2.40 bits per heavy atom. The van der Waals surface area contributed by atoms with Crippen LogP contribution < -0.4 is 4.74 Å². The van der Waals surface area contributed by atoms with Gasteiger partial charge in [0.2, 0.25) is 0 Å². The monoisotopic (exact) mass is 464 g/mol. The third-order valence-corrected chi connectivity index (χ3v) is 5.54. The van der Waals surface area contributed by atoms with Gasteiger partial charge in [-0.1, -0.05) is 44.0 Å². The fourth-order valence-electron chi connectivity index (χ4n) is 1.92. The van der Waals surface area contributed by atoms with E-state index in [4.69, 9.17) is 4.74 Å². The standard InChI is InChI=1S/C15H12Br3FO/c1-8-5-9(3-4-11(8)16)15(18)10-6-12(17)13(19)7-14(10)20-2/h3-7,15H,1-2H3. The van der Waals surface area contributed by atoms with Crippen molar-refractivity contribution in [3.63, 3.8) is 0 Å². The van der Waals surface area contributed by atoms with Crippen LogP contribution >= 0.6 is 47.8 Å². The van der Waals surface area contributed by atoms with Crippen molar-refractivity contribution in [2.75, 3.05) is 7.11 Å². The number of methoxy groups -OCH3 is 1. The van der Waals surface area contributed by atoms with Crippen molar-refractivity contribution in [3.05, 3.63) is 61.8 Å². The lowest BCUT2D eigenvalue weighted by molar-refractivity contribution is 0.406. The van der Waals surface area contributed by atoms with E-state index < -0.39 is 0 Å². The molecule has 0 aliphatic rings. The number of benzene rings is 2. The molecule has 0 saturated carbocycles. The molecule has 106 valence electrons. The number of hydrogen-bond donors (Lipinski definition) is 0. The molecule has 0 amide bonds. The van der Waals surface area contributed by atoms with Crippen LogP contribution in [0.1, 0.15) is 21.5 Å². The minimum Gasteiger partial charge on any atom is -0.496 e. The second-order valence-corrected chi connectivity index (χ2v) is 7.00.